The highest BCUT2D eigenvalue weighted by molar-refractivity contribution is 6.11. The molecule has 2 aliphatic rings. The van der Waals surface area contributed by atoms with E-state index in [0.29, 0.717) is 47.2 Å². The first-order chi connectivity index (χ1) is 19.9. The molecule has 1 amide bonds. The van der Waals surface area contributed by atoms with Crippen LogP contribution in [0.2, 0.25) is 0 Å². The van der Waals surface area contributed by atoms with Crippen molar-refractivity contribution in [3.63, 3.8) is 0 Å². The Balaban J connectivity index is 1.58. The van der Waals surface area contributed by atoms with E-state index in [1.807, 2.05) is 19.1 Å². The van der Waals surface area contributed by atoms with Crippen LogP contribution in [0, 0.1) is 12.8 Å². The van der Waals surface area contributed by atoms with Gasteiger partial charge in [-0.25, -0.2) is 9.59 Å². The van der Waals surface area contributed by atoms with Gasteiger partial charge in [-0.2, -0.15) is 0 Å². The topological polar surface area (TPSA) is 107 Å². The van der Waals surface area contributed by atoms with Crippen molar-refractivity contribution in [2.24, 2.45) is 5.92 Å². The number of esters is 1. The summed E-state index contributed by atoms with van der Waals surface area (Å²) in [7, 11) is 2.86. The zero-order valence-electron chi connectivity index (χ0n) is 25.2. The SMILES string of the molecule is COC(=O)c1ccc([C@@H]2CC(O)(C3CCC3)CCN2C(=O)c2c(OC)cc(C)c3c2ccn3C(=O)OC(C)(C)C)cc1. The summed E-state index contributed by atoms with van der Waals surface area (Å²) in [4.78, 5) is 41.5. The molecular weight excluding hydrogens is 536 g/mol. The van der Waals surface area contributed by atoms with Crippen molar-refractivity contribution in [2.75, 3.05) is 20.8 Å². The van der Waals surface area contributed by atoms with E-state index < -0.39 is 29.3 Å². The summed E-state index contributed by atoms with van der Waals surface area (Å²) in [5, 5.41) is 12.3. The van der Waals surface area contributed by atoms with Crippen LogP contribution in [0.15, 0.2) is 42.6 Å². The molecule has 1 aliphatic heterocycles. The molecule has 9 nitrogen and oxygen atoms in total. The lowest BCUT2D eigenvalue weighted by molar-refractivity contribution is -0.102. The molecule has 5 rings (SSSR count). The Morgan fingerprint density at radius 3 is 2.31 bits per heavy atom. The van der Waals surface area contributed by atoms with Crippen LogP contribution in [0.25, 0.3) is 10.9 Å². The number of aliphatic hydroxyl groups is 1. The zero-order chi connectivity index (χ0) is 30.4. The molecule has 1 N–H and O–H groups in total. The minimum atomic E-state index is -0.882. The third-order valence-electron chi connectivity index (χ3n) is 8.70. The van der Waals surface area contributed by atoms with Gasteiger partial charge in [0.1, 0.15) is 11.4 Å². The second kappa shape index (κ2) is 11.1. The number of fused-ring (bicyclic) bond motifs is 1. The summed E-state index contributed by atoms with van der Waals surface area (Å²) >= 11 is 0. The third-order valence-corrected chi connectivity index (χ3v) is 8.70. The summed E-state index contributed by atoms with van der Waals surface area (Å²) in [6.07, 6.45) is 4.99. The number of carbonyl (C=O) groups is 3. The number of carbonyl (C=O) groups excluding carboxylic acids is 3. The summed E-state index contributed by atoms with van der Waals surface area (Å²) in [6.45, 7) is 7.63. The monoisotopic (exact) mass is 576 g/mol. The number of methoxy groups -OCH3 is 2. The Morgan fingerprint density at radius 2 is 1.74 bits per heavy atom. The Bertz CT molecular complexity index is 1510. The fraction of sp³-hybridized carbons (Fsp3) is 0.485. The van der Waals surface area contributed by atoms with Crippen LogP contribution in [0.3, 0.4) is 0 Å². The number of aryl methyl sites for hydroxylation is 1. The number of benzene rings is 2. The summed E-state index contributed by atoms with van der Waals surface area (Å²) in [6, 6.07) is 10.1. The Morgan fingerprint density at radius 1 is 1.05 bits per heavy atom. The van der Waals surface area contributed by atoms with Gasteiger partial charge >= 0.3 is 12.1 Å². The lowest BCUT2D eigenvalue weighted by Crippen LogP contribution is -2.53. The van der Waals surface area contributed by atoms with Crippen molar-refractivity contribution in [3.8, 4) is 5.75 Å². The van der Waals surface area contributed by atoms with Crippen LogP contribution in [-0.2, 0) is 9.47 Å². The lowest BCUT2D eigenvalue weighted by atomic mass is 9.66. The molecule has 1 unspecified atom stereocenters. The number of hydrogen-bond donors (Lipinski definition) is 1. The van der Waals surface area contributed by atoms with Crippen molar-refractivity contribution in [2.45, 2.75) is 77.0 Å². The van der Waals surface area contributed by atoms with Gasteiger partial charge in [-0.15, -0.1) is 0 Å². The van der Waals surface area contributed by atoms with E-state index in [2.05, 4.69) is 0 Å². The molecule has 1 aromatic heterocycles. The maximum absolute atomic E-state index is 14.5. The van der Waals surface area contributed by atoms with Gasteiger partial charge in [0.2, 0.25) is 0 Å². The smallest absolute Gasteiger partial charge is 0.419 e. The van der Waals surface area contributed by atoms with Crippen LogP contribution in [-0.4, -0.2) is 64.5 Å². The molecule has 0 bridgehead atoms. The minimum Gasteiger partial charge on any atom is -0.496 e. The summed E-state index contributed by atoms with van der Waals surface area (Å²) in [5.74, 6) is -0.0801. The molecule has 2 atom stereocenters. The molecule has 9 heteroatoms. The van der Waals surface area contributed by atoms with E-state index in [0.717, 1.165) is 30.4 Å². The van der Waals surface area contributed by atoms with Crippen molar-refractivity contribution >= 4 is 28.9 Å². The van der Waals surface area contributed by atoms with Gasteiger partial charge < -0.3 is 24.2 Å². The van der Waals surface area contributed by atoms with Crippen molar-refractivity contribution in [1.82, 2.24) is 9.47 Å². The number of amides is 1. The van der Waals surface area contributed by atoms with E-state index in [4.69, 9.17) is 14.2 Å². The highest BCUT2D eigenvalue weighted by Gasteiger charge is 2.47. The molecule has 2 fully saturated rings. The number of aromatic nitrogens is 1. The lowest BCUT2D eigenvalue weighted by Gasteiger charge is -2.50. The summed E-state index contributed by atoms with van der Waals surface area (Å²) < 4.78 is 17.6. The van der Waals surface area contributed by atoms with E-state index in [1.54, 1.807) is 56.1 Å². The number of ether oxygens (including phenoxy) is 3. The standard InChI is InChI=1S/C33H40N2O7/c1-20-18-26(40-5)27(24-14-16-35(28(20)24)31(38)42-32(2,3)4)29(36)34-17-15-33(39,23-8-7-9-23)19-25(34)21-10-12-22(13-11-21)30(37)41-6/h10-14,16,18,23,25,39H,7-9,15,17,19H2,1-6H3/t25-,33?/m0/s1. The largest absolute Gasteiger partial charge is 0.496 e. The zero-order valence-corrected chi connectivity index (χ0v) is 25.2. The minimum absolute atomic E-state index is 0.204. The Labute approximate surface area is 246 Å². The van der Waals surface area contributed by atoms with Crippen LogP contribution in [0.4, 0.5) is 4.79 Å². The molecule has 42 heavy (non-hydrogen) atoms. The molecule has 2 aromatic carbocycles. The fourth-order valence-corrected chi connectivity index (χ4v) is 6.33. The van der Waals surface area contributed by atoms with E-state index in [9.17, 15) is 19.5 Å². The van der Waals surface area contributed by atoms with Gasteiger partial charge in [0.15, 0.2) is 0 Å². The molecule has 3 aromatic rings. The van der Waals surface area contributed by atoms with E-state index in [-0.39, 0.29) is 11.8 Å². The average molecular weight is 577 g/mol. The molecule has 2 heterocycles. The first-order valence-electron chi connectivity index (χ1n) is 14.5. The second-order valence-electron chi connectivity index (χ2n) is 12.5. The number of nitrogens with zero attached hydrogens (tertiary/aromatic N) is 2. The van der Waals surface area contributed by atoms with Crippen LogP contribution < -0.4 is 4.74 Å². The van der Waals surface area contributed by atoms with E-state index >= 15 is 0 Å². The normalized spacial score (nSPS) is 21.1. The molecule has 0 radical (unpaired) electrons. The third kappa shape index (κ3) is 5.38. The van der Waals surface area contributed by atoms with Crippen molar-refractivity contribution in [3.05, 3.63) is 64.8 Å². The molecular formula is C33H40N2O7. The molecule has 1 saturated heterocycles. The Hall–Kier alpha value is -3.85. The van der Waals surface area contributed by atoms with E-state index in [1.165, 1.54) is 18.8 Å². The summed E-state index contributed by atoms with van der Waals surface area (Å²) in [5.41, 5.74) is 1.36. The predicted octanol–water partition coefficient (Wildman–Crippen LogP) is 6.04. The predicted molar refractivity (Wildman–Crippen MR) is 158 cm³/mol. The van der Waals surface area contributed by atoms with Gasteiger partial charge in [0, 0.05) is 24.5 Å². The first kappa shape index (κ1) is 29.6. The number of likely N-dealkylation sites (tertiary alicyclic amines) is 1. The van der Waals surface area contributed by atoms with Crippen molar-refractivity contribution in [1.29, 1.82) is 0 Å². The second-order valence-corrected chi connectivity index (χ2v) is 12.5. The van der Waals surface area contributed by atoms with Crippen molar-refractivity contribution < 1.29 is 33.7 Å². The number of piperidine rings is 1. The number of rotatable bonds is 5. The Kier molecular flexibility index (Phi) is 7.83. The highest BCUT2D eigenvalue weighted by Crippen LogP contribution is 2.48. The molecule has 1 saturated carbocycles. The van der Waals surface area contributed by atoms with Gasteiger partial charge in [-0.1, -0.05) is 18.6 Å². The van der Waals surface area contributed by atoms with Crippen LogP contribution in [0.1, 0.15) is 90.8 Å². The maximum Gasteiger partial charge on any atom is 0.419 e. The van der Waals surface area contributed by atoms with Gasteiger partial charge in [0.05, 0.1) is 42.5 Å². The first-order valence-corrected chi connectivity index (χ1v) is 14.5. The molecule has 224 valence electrons. The average Bonchev–Trinajstić information content (AvgIpc) is 3.36. The van der Waals surface area contributed by atoms with Gasteiger partial charge in [-0.3, -0.25) is 9.36 Å². The molecule has 0 spiro atoms. The number of hydrogen-bond acceptors (Lipinski definition) is 7. The quantitative estimate of drug-likeness (QED) is 0.369. The van der Waals surface area contributed by atoms with Crippen LogP contribution >= 0.6 is 0 Å². The van der Waals surface area contributed by atoms with Gasteiger partial charge in [-0.05, 0) is 88.3 Å². The fourth-order valence-electron chi connectivity index (χ4n) is 6.33. The highest BCUT2D eigenvalue weighted by atomic mass is 16.6. The van der Waals surface area contributed by atoms with Gasteiger partial charge in [0.25, 0.3) is 5.91 Å². The van der Waals surface area contributed by atoms with Crippen LogP contribution in [0.5, 0.6) is 5.75 Å². The maximum atomic E-state index is 14.5. The molecule has 1 aliphatic carbocycles.